The van der Waals surface area contributed by atoms with Crippen molar-refractivity contribution < 1.29 is 0 Å². The Hall–Kier alpha value is -4.91. The molecule has 178 valence electrons. The lowest BCUT2D eigenvalue weighted by Gasteiger charge is -2.37. The zero-order valence-electron chi connectivity index (χ0n) is 20.8. The summed E-state index contributed by atoms with van der Waals surface area (Å²) in [4.78, 5) is 2.41. The van der Waals surface area contributed by atoms with Gasteiger partial charge in [0.25, 0.3) is 0 Å². The molecule has 0 radical (unpaired) electrons. The van der Waals surface area contributed by atoms with Crippen LogP contribution in [0.25, 0.3) is 21.9 Å². The van der Waals surface area contributed by atoms with E-state index in [1.54, 1.807) is 0 Å². The molecular weight excluding hydrogens is 476 g/mol. The first-order valence-electron chi connectivity index (χ1n) is 12.9. The number of nitrogens with zero attached hydrogens (tertiary/aromatic N) is 2. The van der Waals surface area contributed by atoms with Gasteiger partial charge in [-0.15, -0.1) is 0 Å². The third-order valence-electron chi connectivity index (χ3n) is 7.57. The molecular formula is C35H24N2Si. The fraction of sp³-hybridized carbons (Fsp3) is 0. The molecule has 3 heteroatoms. The van der Waals surface area contributed by atoms with Crippen molar-refractivity contribution >= 4 is 52.2 Å². The molecule has 0 aromatic heterocycles. The molecule has 0 fully saturated rings. The van der Waals surface area contributed by atoms with Gasteiger partial charge in [-0.2, -0.15) is 5.26 Å². The number of rotatable bonds is 3. The Balaban J connectivity index is 1.37. The molecule has 0 N–H and O–H groups in total. The average Bonchev–Trinajstić information content (AvgIpc) is 2.99. The quantitative estimate of drug-likeness (QED) is 0.262. The molecule has 0 amide bonds. The van der Waals surface area contributed by atoms with Crippen molar-refractivity contribution in [3.05, 3.63) is 145 Å². The summed E-state index contributed by atoms with van der Waals surface area (Å²) >= 11 is 0. The SMILES string of the molecule is N#Cc1cccc2cccc(-c3ccc(N4c5ccccc5[SiH](c5ccccc5)c5ccccc54)cc3)c12. The summed E-state index contributed by atoms with van der Waals surface area (Å²) in [6.45, 7) is 0. The topological polar surface area (TPSA) is 27.0 Å². The molecule has 0 spiro atoms. The van der Waals surface area contributed by atoms with Crippen molar-refractivity contribution in [3.63, 3.8) is 0 Å². The molecule has 2 nitrogen and oxygen atoms in total. The van der Waals surface area contributed by atoms with Crippen LogP contribution < -0.4 is 20.5 Å². The van der Waals surface area contributed by atoms with E-state index in [-0.39, 0.29) is 0 Å². The number of para-hydroxylation sites is 2. The molecule has 1 heterocycles. The first kappa shape index (κ1) is 22.3. The molecule has 0 atom stereocenters. The van der Waals surface area contributed by atoms with Gasteiger partial charge in [0.15, 0.2) is 0 Å². The lowest BCUT2D eigenvalue weighted by atomic mass is 9.95. The minimum atomic E-state index is -1.61. The Bertz CT molecular complexity index is 1780. The van der Waals surface area contributed by atoms with Gasteiger partial charge in [0, 0.05) is 22.4 Å². The maximum atomic E-state index is 9.76. The van der Waals surface area contributed by atoms with Gasteiger partial charge in [0.2, 0.25) is 0 Å². The van der Waals surface area contributed by atoms with Crippen LogP contribution in [0, 0.1) is 11.3 Å². The van der Waals surface area contributed by atoms with Crippen LogP contribution in [0.5, 0.6) is 0 Å². The molecule has 1 aliphatic heterocycles. The second kappa shape index (κ2) is 9.19. The lowest BCUT2D eigenvalue weighted by Crippen LogP contribution is -2.57. The van der Waals surface area contributed by atoms with Crippen molar-refractivity contribution in [2.75, 3.05) is 4.90 Å². The van der Waals surface area contributed by atoms with Gasteiger partial charge < -0.3 is 4.90 Å². The van der Waals surface area contributed by atoms with Crippen molar-refractivity contribution in [2.24, 2.45) is 0 Å². The molecule has 6 aromatic carbocycles. The largest absolute Gasteiger partial charge is 0.311 e. The minimum Gasteiger partial charge on any atom is -0.311 e. The van der Waals surface area contributed by atoms with E-state index in [0.29, 0.717) is 5.56 Å². The number of hydrogen-bond donors (Lipinski definition) is 0. The van der Waals surface area contributed by atoms with Crippen LogP contribution in [0.1, 0.15) is 5.56 Å². The summed E-state index contributed by atoms with van der Waals surface area (Å²) in [6.07, 6.45) is 0. The van der Waals surface area contributed by atoms with Crippen LogP contribution in [0.2, 0.25) is 0 Å². The third-order valence-corrected chi connectivity index (χ3v) is 10.8. The molecule has 0 saturated heterocycles. The first-order valence-corrected chi connectivity index (χ1v) is 14.6. The second-order valence-corrected chi connectivity index (χ2v) is 12.4. The average molecular weight is 501 g/mol. The summed E-state index contributed by atoms with van der Waals surface area (Å²) in [7, 11) is -1.61. The van der Waals surface area contributed by atoms with Crippen molar-refractivity contribution in [1.29, 1.82) is 5.26 Å². The highest BCUT2D eigenvalue weighted by Crippen LogP contribution is 2.38. The van der Waals surface area contributed by atoms with E-state index in [1.165, 1.54) is 26.9 Å². The van der Waals surface area contributed by atoms with Crippen LogP contribution in [-0.2, 0) is 0 Å². The number of nitriles is 1. The van der Waals surface area contributed by atoms with E-state index in [1.807, 2.05) is 12.1 Å². The minimum absolute atomic E-state index is 0.706. The Morgan fingerprint density at radius 1 is 0.553 bits per heavy atom. The van der Waals surface area contributed by atoms with Crippen LogP contribution >= 0.6 is 0 Å². The van der Waals surface area contributed by atoms with E-state index in [2.05, 4.69) is 138 Å². The maximum absolute atomic E-state index is 9.76. The number of hydrogen-bond acceptors (Lipinski definition) is 2. The van der Waals surface area contributed by atoms with Crippen LogP contribution in [0.3, 0.4) is 0 Å². The first-order chi connectivity index (χ1) is 18.8. The molecule has 1 aliphatic rings. The van der Waals surface area contributed by atoms with Gasteiger partial charge in [0.05, 0.1) is 11.6 Å². The molecule has 0 aliphatic carbocycles. The number of benzene rings is 6. The van der Waals surface area contributed by atoms with Gasteiger partial charge in [-0.1, -0.05) is 114 Å². The molecule has 0 unspecified atom stereocenters. The standard InChI is InChI=1S/C35H24N2Si/c36-24-27-12-8-10-26-11-9-15-30(35(26)27)25-20-22-28(23-21-25)37-31-16-4-6-18-33(31)38(29-13-2-1-3-14-29)34-19-7-5-17-32(34)37/h1-23,38H. The number of anilines is 3. The highest BCUT2D eigenvalue weighted by Gasteiger charge is 2.33. The molecule has 0 bridgehead atoms. The normalized spacial score (nSPS) is 12.6. The summed E-state index contributed by atoms with van der Waals surface area (Å²) in [6, 6.07) is 52.1. The Kier molecular flexibility index (Phi) is 5.39. The van der Waals surface area contributed by atoms with E-state index in [4.69, 9.17) is 0 Å². The van der Waals surface area contributed by atoms with Gasteiger partial charge in [-0.3, -0.25) is 0 Å². The highest BCUT2D eigenvalue weighted by atomic mass is 28.3. The fourth-order valence-corrected chi connectivity index (χ4v) is 9.23. The zero-order valence-corrected chi connectivity index (χ0v) is 21.9. The van der Waals surface area contributed by atoms with Crippen molar-refractivity contribution in [1.82, 2.24) is 0 Å². The van der Waals surface area contributed by atoms with Crippen LogP contribution in [-0.4, -0.2) is 8.80 Å². The second-order valence-electron chi connectivity index (χ2n) is 9.66. The Labute approximate surface area is 224 Å². The van der Waals surface area contributed by atoms with Crippen molar-refractivity contribution in [3.8, 4) is 17.2 Å². The highest BCUT2D eigenvalue weighted by molar-refractivity contribution is 6.98. The van der Waals surface area contributed by atoms with E-state index < -0.39 is 8.80 Å². The van der Waals surface area contributed by atoms with Gasteiger partial charge in [-0.25, -0.2) is 0 Å². The Morgan fingerprint density at radius 2 is 1.16 bits per heavy atom. The predicted octanol–water partition coefficient (Wildman–Crippen LogP) is 6.41. The van der Waals surface area contributed by atoms with E-state index in [0.717, 1.165) is 27.6 Å². The zero-order chi connectivity index (χ0) is 25.5. The molecule has 0 saturated carbocycles. The summed E-state index contributed by atoms with van der Waals surface area (Å²) in [5.74, 6) is 0. The van der Waals surface area contributed by atoms with E-state index >= 15 is 0 Å². The monoisotopic (exact) mass is 500 g/mol. The van der Waals surface area contributed by atoms with Crippen molar-refractivity contribution in [2.45, 2.75) is 0 Å². The van der Waals surface area contributed by atoms with Crippen LogP contribution in [0.15, 0.2) is 140 Å². The van der Waals surface area contributed by atoms with Gasteiger partial charge in [-0.05, 0) is 57.2 Å². The van der Waals surface area contributed by atoms with Crippen LogP contribution in [0.4, 0.5) is 17.1 Å². The molecule has 6 aromatic rings. The third kappa shape index (κ3) is 3.55. The number of fused-ring (bicyclic) bond motifs is 3. The summed E-state index contributed by atoms with van der Waals surface area (Å²) in [5.41, 5.74) is 6.56. The van der Waals surface area contributed by atoms with E-state index in [9.17, 15) is 5.26 Å². The molecule has 38 heavy (non-hydrogen) atoms. The fourth-order valence-electron chi connectivity index (χ4n) is 5.92. The summed E-state index contributed by atoms with van der Waals surface area (Å²) in [5, 5.41) is 16.2. The lowest BCUT2D eigenvalue weighted by molar-refractivity contribution is 1.29. The van der Waals surface area contributed by atoms with Gasteiger partial charge >= 0.3 is 0 Å². The Morgan fingerprint density at radius 3 is 1.82 bits per heavy atom. The molecule has 7 rings (SSSR count). The smallest absolute Gasteiger partial charge is 0.138 e. The summed E-state index contributed by atoms with van der Waals surface area (Å²) < 4.78 is 0. The van der Waals surface area contributed by atoms with Gasteiger partial charge in [0.1, 0.15) is 8.80 Å². The maximum Gasteiger partial charge on any atom is 0.138 e. The predicted molar refractivity (Wildman–Crippen MR) is 161 cm³/mol.